The van der Waals surface area contributed by atoms with E-state index in [9.17, 15) is 9.59 Å². The number of rotatable bonds is 4. The van der Waals surface area contributed by atoms with Gasteiger partial charge in [0.2, 0.25) is 5.91 Å². The molecule has 6 nitrogen and oxygen atoms in total. The first-order valence-corrected chi connectivity index (χ1v) is 6.39. The Kier molecular flexibility index (Phi) is 3.99. The van der Waals surface area contributed by atoms with Gasteiger partial charge in [-0.25, -0.2) is 4.98 Å². The number of amides is 2. The largest absolute Gasteiger partial charge is 0.397 e. The highest BCUT2D eigenvalue weighted by atomic mass is 16.2. The Morgan fingerprint density at radius 2 is 2.05 bits per heavy atom. The van der Waals surface area contributed by atoms with E-state index in [2.05, 4.69) is 4.98 Å². The molecule has 0 unspecified atom stereocenters. The Labute approximate surface area is 111 Å². The van der Waals surface area contributed by atoms with Crippen LogP contribution in [0.5, 0.6) is 0 Å². The third kappa shape index (κ3) is 3.01. The fraction of sp³-hybridized carbons (Fsp3) is 0.462. The molecule has 4 N–H and O–H groups in total. The summed E-state index contributed by atoms with van der Waals surface area (Å²) in [6, 6.07) is 3.35. The van der Waals surface area contributed by atoms with Crippen LogP contribution < -0.4 is 11.5 Å². The van der Waals surface area contributed by atoms with E-state index in [-0.39, 0.29) is 24.2 Å². The van der Waals surface area contributed by atoms with Crippen LogP contribution in [0.2, 0.25) is 0 Å². The summed E-state index contributed by atoms with van der Waals surface area (Å²) in [5.41, 5.74) is 11.5. The average Bonchev–Trinajstić information content (AvgIpc) is 2.89. The molecule has 2 amide bonds. The number of primary amides is 1. The predicted octanol–water partition coefficient (Wildman–Crippen LogP) is 0.534. The van der Waals surface area contributed by atoms with E-state index in [0.29, 0.717) is 5.69 Å². The fourth-order valence-corrected chi connectivity index (χ4v) is 2.48. The summed E-state index contributed by atoms with van der Waals surface area (Å²) in [4.78, 5) is 29.1. The lowest BCUT2D eigenvalue weighted by molar-refractivity contribution is -0.119. The van der Waals surface area contributed by atoms with Gasteiger partial charge in [-0.15, -0.1) is 0 Å². The van der Waals surface area contributed by atoms with Crippen LogP contribution in [-0.2, 0) is 4.79 Å². The highest BCUT2D eigenvalue weighted by Gasteiger charge is 2.29. The molecule has 0 radical (unpaired) electrons. The Hall–Kier alpha value is -2.11. The molecule has 0 aromatic carbocycles. The standard InChI is InChI=1S/C13H18N4O2/c14-10-6-3-7-16-12(10)13(19)17(8-11(15)18)9-4-1-2-5-9/h3,6-7,9H,1-2,4-5,8,14H2,(H2,15,18). The minimum Gasteiger partial charge on any atom is -0.397 e. The zero-order valence-electron chi connectivity index (χ0n) is 10.7. The summed E-state index contributed by atoms with van der Waals surface area (Å²) < 4.78 is 0. The molecule has 0 bridgehead atoms. The lowest BCUT2D eigenvalue weighted by Crippen LogP contribution is -2.44. The quantitative estimate of drug-likeness (QED) is 0.826. The molecule has 1 aliphatic carbocycles. The van der Waals surface area contributed by atoms with Crippen molar-refractivity contribution in [1.29, 1.82) is 0 Å². The minimum absolute atomic E-state index is 0.0569. The summed E-state index contributed by atoms with van der Waals surface area (Å²) in [7, 11) is 0. The van der Waals surface area contributed by atoms with Crippen LogP contribution in [0.3, 0.4) is 0 Å². The maximum Gasteiger partial charge on any atom is 0.275 e. The van der Waals surface area contributed by atoms with E-state index in [4.69, 9.17) is 11.5 Å². The van der Waals surface area contributed by atoms with Crippen LogP contribution in [0.15, 0.2) is 18.3 Å². The normalized spacial score (nSPS) is 15.4. The molecule has 1 fully saturated rings. The SMILES string of the molecule is NC(=O)CN(C(=O)c1ncccc1N)C1CCCC1. The molecular formula is C13H18N4O2. The van der Waals surface area contributed by atoms with Crippen molar-refractivity contribution in [3.63, 3.8) is 0 Å². The van der Waals surface area contributed by atoms with Crippen molar-refractivity contribution in [3.05, 3.63) is 24.0 Å². The molecule has 0 spiro atoms. The number of nitrogens with zero attached hydrogens (tertiary/aromatic N) is 2. The van der Waals surface area contributed by atoms with E-state index in [0.717, 1.165) is 25.7 Å². The molecule has 102 valence electrons. The Morgan fingerprint density at radius 3 is 2.63 bits per heavy atom. The van der Waals surface area contributed by atoms with Crippen LogP contribution in [0.1, 0.15) is 36.2 Å². The van der Waals surface area contributed by atoms with Gasteiger partial charge in [0.15, 0.2) is 5.69 Å². The number of carbonyl (C=O) groups excluding carboxylic acids is 2. The molecule has 1 saturated carbocycles. The zero-order chi connectivity index (χ0) is 13.8. The van der Waals surface area contributed by atoms with Crippen molar-refractivity contribution in [2.75, 3.05) is 12.3 Å². The second-order valence-corrected chi connectivity index (χ2v) is 4.78. The highest BCUT2D eigenvalue weighted by Crippen LogP contribution is 2.25. The second-order valence-electron chi connectivity index (χ2n) is 4.78. The van der Waals surface area contributed by atoms with Gasteiger partial charge in [0.05, 0.1) is 12.2 Å². The van der Waals surface area contributed by atoms with Crippen molar-refractivity contribution in [2.45, 2.75) is 31.7 Å². The molecule has 0 atom stereocenters. The molecular weight excluding hydrogens is 244 g/mol. The van der Waals surface area contributed by atoms with Gasteiger partial charge in [-0.3, -0.25) is 9.59 Å². The highest BCUT2D eigenvalue weighted by molar-refractivity contribution is 5.98. The summed E-state index contributed by atoms with van der Waals surface area (Å²) in [5.74, 6) is -0.835. The Balaban J connectivity index is 2.24. The number of hydrogen-bond donors (Lipinski definition) is 2. The van der Waals surface area contributed by atoms with Crippen LogP contribution in [-0.4, -0.2) is 34.3 Å². The second kappa shape index (κ2) is 5.69. The number of anilines is 1. The van der Waals surface area contributed by atoms with E-state index in [1.165, 1.54) is 11.1 Å². The third-order valence-corrected chi connectivity index (χ3v) is 3.39. The summed E-state index contributed by atoms with van der Waals surface area (Å²) in [6.07, 6.45) is 5.42. The van der Waals surface area contributed by atoms with Crippen LogP contribution >= 0.6 is 0 Å². The molecule has 1 heterocycles. The smallest absolute Gasteiger partial charge is 0.275 e. The van der Waals surface area contributed by atoms with Crippen molar-refractivity contribution in [1.82, 2.24) is 9.88 Å². The van der Waals surface area contributed by atoms with Gasteiger partial charge in [-0.2, -0.15) is 0 Å². The molecule has 0 saturated heterocycles. The van der Waals surface area contributed by atoms with Crippen LogP contribution in [0.4, 0.5) is 5.69 Å². The fourth-order valence-electron chi connectivity index (χ4n) is 2.48. The third-order valence-electron chi connectivity index (χ3n) is 3.39. The van der Waals surface area contributed by atoms with Crippen LogP contribution in [0, 0.1) is 0 Å². The number of carbonyl (C=O) groups is 2. The lowest BCUT2D eigenvalue weighted by Gasteiger charge is -2.27. The van der Waals surface area contributed by atoms with Gasteiger partial charge in [-0.1, -0.05) is 12.8 Å². The van der Waals surface area contributed by atoms with Gasteiger partial charge in [-0.05, 0) is 25.0 Å². The molecule has 0 aliphatic heterocycles. The van der Waals surface area contributed by atoms with E-state index in [1.807, 2.05) is 0 Å². The maximum absolute atomic E-state index is 12.5. The number of nitrogen functional groups attached to an aromatic ring is 1. The van der Waals surface area contributed by atoms with Gasteiger partial charge in [0.1, 0.15) is 0 Å². The monoisotopic (exact) mass is 262 g/mol. The first-order valence-electron chi connectivity index (χ1n) is 6.39. The van der Waals surface area contributed by atoms with Crippen molar-refractivity contribution in [2.24, 2.45) is 5.73 Å². The first-order chi connectivity index (χ1) is 9.09. The summed E-state index contributed by atoms with van der Waals surface area (Å²) in [6.45, 7) is -0.0838. The van der Waals surface area contributed by atoms with Gasteiger partial charge < -0.3 is 16.4 Å². The van der Waals surface area contributed by atoms with Crippen molar-refractivity contribution in [3.8, 4) is 0 Å². The maximum atomic E-state index is 12.5. The molecule has 1 aliphatic rings. The summed E-state index contributed by atoms with van der Waals surface area (Å²) in [5, 5.41) is 0. The Bertz CT molecular complexity index is 483. The molecule has 1 aromatic heterocycles. The number of aromatic nitrogens is 1. The van der Waals surface area contributed by atoms with Gasteiger partial charge in [0.25, 0.3) is 5.91 Å². The number of nitrogens with two attached hydrogens (primary N) is 2. The minimum atomic E-state index is -0.519. The van der Waals surface area contributed by atoms with Crippen molar-refractivity contribution >= 4 is 17.5 Å². The van der Waals surface area contributed by atoms with Crippen molar-refractivity contribution < 1.29 is 9.59 Å². The number of hydrogen-bond acceptors (Lipinski definition) is 4. The number of pyridine rings is 1. The van der Waals surface area contributed by atoms with Crippen LogP contribution in [0.25, 0.3) is 0 Å². The van der Waals surface area contributed by atoms with E-state index in [1.54, 1.807) is 12.1 Å². The first kappa shape index (κ1) is 13.3. The summed E-state index contributed by atoms with van der Waals surface area (Å²) >= 11 is 0. The Morgan fingerprint density at radius 1 is 1.37 bits per heavy atom. The zero-order valence-corrected chi connectivity index (χ0v) is 10.7. The van der Waals surface area contributed by atoms with E-state index >= 15 is 0 Å². The topological polar surface area (TPSA) is 102 Å². The predicted molar refractivity (Wildman–Crippen MR) is 71.1 cm³/mol. The lowest BCUT2D eigenvalue weighted by atomic mass is 10.1. The van der Waals surface area contributed by atoms with Gasteiger partial charge in [0, 0.05) is 12.2 Å². The molecule has 19 heavy (non-hydrogen) atoms. The van der Waals surface area contributed by atoms with E-state index < -0.39 is 5.91 Å². The molecule has 1 aromatic rings. The molecule has 6 heteroatoms. The van der Waals surface area contributed by atoms with Gasteiger partial charge >= 0.3 is 0 Å². The average molecular weight is 262 g/mol. The molecule has 2 rings (SSSR count).